The summed E-state index contributed by atoms with van der Waals surface area (Å²) in [4.78, 5) is 6.98. The van der Waals surface area contributed by atoms with Crippen LogP contribution in [0.3, 0.4) is 0 Å². The number of hydrogen-bond donors (Lipinski definition) is 0. The lowest BCUT2D eigenvalue weighted by molar-refractivity contribution is 0.436. The van der Waals surface area contributed by atoms with Crippen LogP contribution in [0.25, 0.3) is 0 Å². The number of piperidine rings is 1. The van der Waals surface area contributed by atoms with Gasteiger partial charge in [0.1, 0.15) is 5.82 Å². The molecule has 0 radical (unpaired) electrons. The van der Waals surface area contributed by atoms with Crippen molar-refractivity contribution in [2.24, 2.45) is 5.92 Å². The monoisotopic (exact) mass is 204 g/mol. The second-order valence-corrected chi connectivity index (χ2v) is 4.82. The Hall–Kier alpha value is -1.05. The van der Waals surface area contributed by atoms with Gasteiger partial charge in [-0.15, -0.1) is 0 Å². The highest BCUT2D eigenvalue weighted by Gasteiger charge is 2.17. The van der Waals surface area contributed by atoms with Crippen LogP contribution in [0.1, 0.15) is 30.9 Å². The van der Waals surface area contributed by atoms with Gasteiger partial charge in [-0.2, -0.15) is 0 Å². The van der Waals surface area contributed by atoms with Gasteiger partial charge < -0.3 is 4.90 Å². The minimum atomic E-state index is 0.881. The Morgan fingerprint density at radius 3 is 2.53 bits per heavy atom. The molecule has 1 aliphatic rings. The zero-order valence-electron chi connectivity index (χ0n) is 9.95. The number of aryl methyl sites for hydroxylation is 2. The van der Waals surface area contributed by atoms with Gasteiger partial charge in [0.05, 0.1) is 0 Å². The summed E-state index contributed by atoms with van der Waals surface area (Å²) in [5, 5.41) is 0. The van der Waals surface area contributed by atoms with Crippen molar-refractivity contribution in [2.75, 3.05) is 18.0 Å². The molecule has 0 bridgehead atoms. The largest absolute Gasteiger partial charge is 0.356 e. The van der Waals surface area contributed by atoms with Gasteiger partial charge in [-0.05, 0) is 43.7 Å². The molecule has 1 aliphatic heterocycles. The summed E-state index contributed by atoms with van der Waals surface area (Å²) in [6.07, 6.45) is 4.57. The fourth-order valence-electron chi connectivity index (χ4n) is 2.26. The molecule has 2 nitrogen and oxygen atoms in total. The Labute approximate surface area is 92.3 Å². The van der Waals surface area contributed by atoms with E-state index < -0.39 is 0 Å². The van der Waals surface area contributed by atoms with Crippen molar-refractivity contribution in [3.8, 4) is 0 Å². The van der Waals surface area contributed by atoms with Crippen molar-refractivity contribution in [2.45, 2.75) is 33.6 Å². The van der Waals surface area contributed by atoms with Crippen LogP contribution in [0.2, 0.25) is 0 Å². The van der Waals surface area contributed by atoms with Crippen LogP contribution in [0.15, 0.2) is 12.3 Å². The summed E-state index contributed by atoms with van der Waals surface area (Å²) < 4.78 is 0. The average molecular weight is 204 g/mol. The third-order valence-electron chi connectivity index (χ3n) is 3.27. The van der Waals surface area contributed by atoms with Crippen LogP contribution in [0, 0.1) is 19.8 Å². The van der Waals surface area contributed by atoms with E-state index in [-0.39, 0.29) is 0 Å². The van der Waals surface area contributed by atoms with E-state index >= 15 is 0 Å². The molecule has 0 amide bonds. The Morgan fingerprint density at radius 2 is 1.93 bits per heavy atom. The SMILES string of the molecule is Cc1cnc(N2CCC(C)CC2)c(C)c1. The number of rotatable bonds is 1. The first-order chi connectivity index (χ1) is 7.16. The van der Waals surface area contributed by atoms with Gasteiger partial charge in [-0.1, -0.05) is 13.0 Å². The maximum Gasteiger partial charge on any atom is 0.131 e. The second kappa shape index (κ2) is 4.21. The molecular weight excluding hydrogens is 184 g/mol. The molecule has 1 fully saturated rings. The number of hydrogen-bond acceptors (Lipinski definition) is 2. The molecule has 0 aliphatic carbocycles. The first-order valence-electron chi connectivity index (χ1n) is 5.85. The van der Waals surface area contributed by atoms with E-state index in [1.165, 1.54) is 29.8 Å². The van der Waals surface area contributed by atoms with Gasteiger partial charge in [0, 0.05) is 19.3 Å². The molecule has 1 aromatic rings. The Morgan fingerprint density at radius 1 is 1.27 bits per heavy atom. The summed E-state index contributed by atoms with van der Waals surface area (Å²) in [6.45, 7) is 8.93. The van der Waals surface area contributed by atoms with Gasteiger partial charge in [0.15, 0.2) is 0 Å². The normalized spacial score (nSPS) is 18.2. The minimum absolute atomic E-state index is 0.881. The van der Waals surface area contributed by atoms with E-state index in [0.29, 0.717) is 0 Å². The zero-order valence-corrected chi connectivity index (χ0v) is 9.95. The molecule has 2 rings (SSSR count). The van der Waals surface area contributed by atoms with Gasteiger partial charge in [-0.3, -0.25) is 0 Å². The molecule has 2 heteroatoms. The number of anilines is 1. The lowest BCUT2D eigenvalue weighted by atomic mass is 9.99. The maximum atomic E-state index is 4.55. The summed E-state index contributed by atoms with van der Waals surface area (Å²) in [7, 11) is 0. The third kappa shape index (κ3) is 2.31. The second-order valence-electron chi connectivity index (χ2n) is 4.82. The highest BCUT2D eigenvalue weighted by molar-refractivity contribution is 5.47. The molecule has 0 spiro atoms. The first kappa shape index (κ1) is 10.5. The summed E-state index contributed by atoms with van der Waals surface area (Å²) in [5.74, 6) is 2.07. The molecule has 0 saturated carbocycles. The molecule has 1 saturated heterocycles. The Bertz CT molecular complexity index is 338. The maximum absolute atomic E-state index is 4.55. The number of aromatic nitrogens is 1. The van der Waals surface area contributed by atoms with E-state index in [1.807, 2.05) is 6.20 Å². The van der Waals surface area contributed by atoms with Gasteiger partial charge >= 0.3 is 0 Å². The predicted molar refractivity (Wildman–Crippen MR) is 64.3 cm³/mol. The van der Waals surface area contributed by atoms with Crippen molar-refractivity contribution < 1.29 is 0 Å². The molecule has 82 valence electrons. The summed E-state index contributed by atoms with van der Waals surface area (Å²) in [6, 6.07) is 2.22. The Balaban J connectivity index is 2.15. The molecular formula is C13H20N2. The fourth-order valence-corrected chi connectivity index (χ4v) is 2.26. The highest BCUT2D eigenvalue weighted by Crippen LogP contribution is 2.24. The van der Waals surface area contributed by atoms with Crippen LogP contribution < -0.4 is 4.90 Å². The van der Waals surface area contributed by atoms with Crippen molar-refractivity contribution in [1.82, 2.24) is 4.98 Å². The molecule has 0 N–H and O–H groups in total. The quantitative estimate of drug-likeness (QED) is 0.699. The lowest BCUT2D eigenvalue weighted by Gasteiger charge is -2.32. The van der Waals surface area contributed by atoms with Crippen LogP contribution >= 0.6 is 0 Å². The standard InChI is InChI=1S/C13H20N2/c1-10-4-6-15(7-5-10)13-12(3)8-11(2)9-14-13/h8-10H,4-7H2,1-3H3. The van der Waals surface area contributed by atoms with Gasteiger partial charge in [-0.25, -0.2) is 4.98 Å². The van der Waals surface area contributed by atoms with E-state index in [2.05, 4.69) is 36.7 Å². The third-order valence-corrected chi connectivity index (χ3v) is 3.27. The van der Waals surface area contributed by atoms with Crippen molar-refractivity contribution in [3.63, 3.8) is 0 Å². The van der Waals surface area contributed by atoms with Crippen LogP contribution in [0.5, 0.6) is 0 Å². The van der Waals surface area contributed by atoms with Crippen molar-refractivity contribution in [3.05, 3.63) is 23.4 Å². The van der Waals surface area contributed by atoms with E-state index in [1.54, 1.807) is 0 Å². The molecule has 1 aromatic heterocycles. The van der Waals surface area contributed by atoms with E-state index in [0.717, 1.165) is 19.0 Å². The zero-order chi connectivity index (χ0) is 10.8. The summed E-state index contributed by atoms with van der Waals surface area (Å²) in [5.41, 5.74) is 2.56. The van der Waals surface area contributed by atoms with Crippen molar-refractivity contribution in [1.29, 1.82) is 0 Å². The topological polar surface area (TPSA) is 16.1 Å². The summed E-state index contributed by atoms with van der Waals surface area (Å²) >= 11 is 0. The van der Waals surface area contributed by atoms with Crippen LogP contribution in [-0.4, -0.2) is 18.1 Å². The van der Waals surface area contributed by atoms with Gasteiger partial charge in [0.2, 0.25) is 0 Å². The minimum Gasteiger partial charge on any atom is -0.356 e. The number of nitrogens with zero attached hydrogens (tertiary/aromatic N) is 2. The van der Waals surface area contributed by atoms with Crippen LogP contribution in [0.4, 0.5) is 5.82 Å². The van der Waals surface area contributed by atoms with Crippen LogP contribution in [-0.2, 0) is 0 Å². The molecule has 0 aromatic carbocycles. The van der Waals surface area contributed by atoms with Crippen molar-refractivity contribution >= 4 is 5.82 Å². The average Bonchev–Trinajstić information content (AvgIpc) is 2.20. The molecule has 15 heavy (non-hydrogen) atoms. The predicted octanol–water partition coefficient (Wildman–Crippen LogP) is 2.93. The highest BCUT2D eigenvalue weighted by atomic mass is 15.2. The first-order valence-corrected chi connectivity index (χ1v) is 5.85. The fraction of sp³-hybridized carbons (Fsp3) is 0.615. The van der Waals surface area contributed by atoms with Gasteiger partial charge in [0.25, 0.3) is 0 Å². The molecule has 0 atom stereocenters. The number of pyridine rings is 1. The van der Waals surface area contributed by atoms with E-state index in [4.69, 9.17) is 0 Å². The lowest BCUT2D eigenvalue weighted by Crippen LogP contribution is -2.33. The molecule has 2 heterocycles. The smallest absolute Gasteiger partial charge is 0.131 e. The van der Waals surface area contributed by atoms with E-state index in [9.17, 15) is 0 Å². The molecule has 0 unspecified atom stereocenters. The Kier molecular flexibility index (Phi) is 2.94.